The van der Waals surface area contributed by atoms with E-state index in [1.54, 1.807) is 18.6 Å². The number of benzene rings is 2. The SMILES string of the molecule is Nc1nnc(-c2cncc(-c3nc(NCc4ccccn4)c4c(-c5ccccc5)cccc4n3)c2)o1. The second-order valence-electron chi connectivity index (χ2n) is 8.04. The van der Waals surface area contributed by atoms with Gasteiger partial charge >= 0.3 is 6.01 Å². The number of pyridine rings is 2. The van der Waals surface area contributed by atoms with Crippen molar-refractivity contribution in [2.75, 3.05) is 11.1 Å². The molecule has 36 heavy (non-hydrogen) atoms. The summed E-state index contributed by atoms with van der Waals surface area (Å²) in [5.74, 6) is 1.49. The molecule has 0 fully saturated rings. The molecule has 0 spiro atoms. The second kappa shape index (κ2) is 9.22. The molecule has 9 heteroatoms. The van der Waals surface area contributed by atoms with Crippen LogP contribution < -0.4 is 11.1 Å². The smallest absolute Gasteiger partial charge is 0.313 e. The monoisotopic (exact) mass is 472 g/mol. The maximum atomic E-state index is 5.59. The number of rotatable bonds is 6. The average Bonchev–Trinajstić information content (AvgIpc) is 3.38. The first kappa shape index (κ1) is 21.4. The number of nitrogens with zero attached hydrogens (tertiary/aromatic N) is 6. The number of fused-ring (bicyclic) bond motifs is 1. The Hall–Kier alpha value is -5.18. The molecule has 0 unspecified atom stereocenters. The number of nitrogen functional groups attached to an aromatic ring is 1. The van der Waals surface area contributed by atoms with Crippen molar-refractivity contribution in [3.63, 3.8) is 0 Å². The summed E-state index contributed by atoms with van der Waals surface area (Å²) in [7, 11) is 0. The van der Waals surface area contributed by atoms with E-state index in [1.165, 1.54) is 0 Å². The number of nitrogens with two attached hydrogens (primary N) is 1. The van der Waals surface area contributed by atoms with E-state index < -0.39 is 0 Å². The Morgan fingerprint density at radius 1 is 0.806 bits per heavy atom. The minimum atomic E-state index is -0.00759. The summed E-state index contributed by atoms with van der Waals surface area (Å²) in [5.41, 5.74) is 10.8. The van der Waals surface area contributed by atoms with E-state index in [0.29, 0.717) is 29.3 Å². The Labute approximate surface area is 206 Å². The normalized spacial score (nSPS) is 11.0. The highest BCUT2D eigenvalue weighted by Crippen LogP contribution is 2.34. The largest absolute Gasteiger partial charge is 0.403 e. The van der Waals surface area contributed by atoms with Gasteiger partial charge in [-0.1, -0.05) is 53.6 Å². The Morgan fingerprint density at radius 2 is 1.67 bits per heavy atom. The van der Waals surface area contributed by atoms with Crippen LogP contribution in [0.2, 0.25) is 0 Å². The van der Waals surface area contributed by atoms with Gasteiger partial charge in [-0.25, -0.2) is 9.97 Å². The summed E-state index contributed by atoms with van der Waals surface area (Å²) in [4.78, 5) is 18.6. The van der Waals surface area contributed by atoms with E-state index in [9.17, 15) is 0 Å². The fourth-order valence-corrected chi connectivity index (χ4v) is 4.01. The van der Waals surface area contributed by atoms with Gasteiger partial charge < -0.3 is 15.5 Å². The van der Waals surface area contributed by atoms with E-state index in [1.807, 2.05) is 54.6 Å². The summed E-state index contributed by atoms with van der Waals surface area (Å²) in [5, 5.41) is 12.1. The molecular weight excluding hydrogens is 452 g/mol. The molecular formula is C27H20N8O. The molecule has 4 heterocycles. The van der Waals surface area contributed by atoms with Crippen LogP contribution in [0.25, 0.3) is 44.9 Å². The first-order chi connectivity index (χ1) is 17.7. The summed E-state index contributed by atoms with van der Waals surface area (Å²) in [6, 6.07) is 23.9. The summed E-state index contributed by atoms with van der Waals surface area (Å²) < 4.78 is 5.36. The van der Waals surface area contributed by atoms with Crippen LogP contribution in [-0.2, 0) is 6.54 Å². The average molecular weight is 473 g/mol. The lowest BCUT2D eigenvalue weighted by Crippen LogP contribution is -2.06. The van der Waals surface area contributed by atoms with Gasteiger partial charge in [0.1, 0.15) is 5.82 Å². The van der Waals surface area contributed by atoms with Crippen molar-refractivity contribution in [3.05, 3.63) is 97.1 Å². The summed E-state index contributed by atoms with van der Waals surface area (Å²) in [6.45, 7) is 0.509. The Kier molecular flexibility index (Phi) is 5.47. The van der Waals surface area contributed by atoms with Crippen LogP contribution in [0, 0.1) is 0 Å². The molecule has 0 radical (unpaired) electrons. The van der Waals surface area contributed by atoms with Crippen molar-refractivity contribution in [1.82, 2.24) is 30.1 Å². The van der Waals surface area contributed by atoms with Crippen molar-refractivity contribution in [3.8, 4) is 34.0 Å². The van der Waals surface area contributed by atoms with Gasteiger partial charge in [0, 0.05) is 24.2 Å². The predicted octanol–water partition coefficient (Wildman–Crippen LogP) is 5.00. The zero-order chi connectivity index (χ0) is 24.3. The van der Waals surface area contributed by atoms with E-state index in [4.69, 9.17) is 20.1 Å². The van der Waals surface area contributed by atoms with Crippen molar-refractivity contribution >= 4 is 22.7 Å². The highest BCUT2D eigenvalue weighted by Gasteiger charge is 2.16. The number of anilines is 2. The van der Waals surface area contributed by atoms with Crippen molar-refractivity contribution in [2.45, 2.75) is 6.54 Å². The molecule has 0 saturated carbocycles. The van der Waals surface area contributed by atoms with Crippen LogP contribution in [0.1, 0.15) is 5.69 Å². The van der Waals surface area contributed by atoms with Crippen molar-refractivity contribution in [2.24, 2.45) is 0 Å². The van der Waals surface area contributed by atoms with Gasteiger partial charge in [0.25, 0.3) is 5.89 Å². The van der Waals surface area contributed by atoms with Crippen LogP contribution in [0.15, 0.2) is 95.8 Å². The number of aromatic nitrogens is 6. The second-order valence-corrected chi connectivity index (χ2v) is 8.04. The molecule has 0 aliphatic heterocycles. The maximum Gasteiger partial charge on any atom is 0.313 e. The lowest BCUT2D eigenvalue weighted by atomic mass is 10.0. The van der Waals surface area contributed by atoms with Gasteiger partial charge in [-0.2, -0.15) is 0 Å². The van der Waals surface area contributed by atoms with E-state index in [2.05, 4.69) is 43.7 Å². The zero-order valence-corrected chi connectivity index (χ0v) is 19.0. The molecule has 3 N–H and O–H groups in total. The lowest BCUT2D eigenvalue weighted by Gasteiger charge is -2.14. The van der Waals surface area contributed by atoms with Gasteiger partial charge in [-0.05, 0) is 35.4 Å². The third-order valence-corrected chi connectivity index (χ3v) is 5.66. The molecule has 0 amide bonds. The molecule has 0 bridgehead atoms. The van der Waals surface area contributed by atoms with Crippen LogP contribution in [0.3, 0.4) is 0 Å². The third-order valence-electron chi connectivity index (χ3n) is 5.66. The topological polar surface area (TPSA) is 129 Å². The van der Waals surface area contributed by atoms with E-state index in [0.717, 1.165) is 27.7 Å². The third kappa shape index (κ3) is 4.21. The number of nitrogens with one attached hydrogen (secondary N) is 1. The lowest BCUT2D eigenvalue weighted by molar-refractivity contribution is 0.590. The fraction of sp³-hybridized carbons (Fsp3) is 0.0370. The molecule has 2 aromatic carbocycles. The maximum absolute atomic E-state index is 5.59. The Morgan fingerprint density at radius 3 is 2.47 bits per heavy atom. The molecule has 0 atom stereocenters. The molecule has 174 valence electrons. The standard InChI is InChI=1S/C27H20N8O/c28-27-35-34-26(36-27)19-13-18(14-29-15-19)24-32-22-11-6-10-21(17-7-2-1-3-8-17)23(22)25(33-24)31-16-20-9-4-5-12-30-20/h1-15H,16H2,(H2,28,35)(H,31,32,33). The van der Waals surface area contributed by atoms with E-state index >= 15 is 0 Å². The molecule has 6 rings (SSSR count). The summed E-state index contributed by atoms with van der Waals surface area (Å²) >= 11 is 0. The summed E-state index contributed by atoms with van der Waals surface area (Å²) in [6.07, 6.45) is 5.11. The molecule has 0 aliphatic carbocycles. The van der Waals surface area contributed by atoms with Crippen LogP contribution in [0.4, 0.5) is 11.8 Å². The molecule has 6 aromatic rings. The van der Waals surface area contributed by atoms with Gasteiger partial charge in [-0.3, -0.25) is 9.97 Å². The van der Waals surface area contributed by atoms with Crippen LogP contribution in [-0.4, -0.2) is 30.1 Å². The van der Waals surface area contributed by atoms with Crippen LogP contribution >= 0.6 is 0 Å². The highest BCUT2D eigenvalue weighted by atomic mass is 16.4. The van der Waals surface area contributed by atoms with Gasteiger partial charge in [0.15, 0.2) is 5.82 Å². The molecule has 0 aliphatic rings. The number of hydrogen-bond donors (Lipinski definition) is 2. The first-order valence-electron chi connectivity index (χ1n) is 11.3. The minimum absolute atomic E-state index is 0.00759. The first-order valence-corrected chi connectivity index (χ1v) is 11.3. The minimum Gasteiger partial charge on any atom is -0.403 e. The number of hydrogen-bond acceptors (Lipinski definition) is 9. The molecule has 4 aromatic heterocycles. The predicted molar refractivity (Wildman–Crippen MR) is 137 cm³/mol. The Bertz CT molecular complexity index is 1650. The molecule has 0 saturated heterocycles. The van der Waals surface area contributed by atoms with Gasteiger partial charge in [0.2, 0.25) is 0 Å². The van der Waals surface area contributed by atoms with Crippen LogP contribution in [0.5, 0.6) is 0 Å². The highest BCUT2D eigenvalue weighted by molar-refractivity contribution is 6.02. The Balaban J connectivity index is 1.49. The van der Waals surface area contributed by atoms with E-state index in [-0.39, 0.29) is 11.9 Å². The fourth-order valence-electron chi connectivity index (χ4n) is 4.01. The molecule has 9 nitrogen and oxygen atoms in total. The van der Waals surface area contributed by atoms with Gasteiger partial charge in [-0.15, -0.1) is 5.10 Å². The van der Waals surface area contributed by atoms with Crippen molar-refractivity contribution in [1.29, 1.82) is 0 Å². The quantitative estimate of drug-likeness (QED) is 0.344. The van der Waals surface area contributed by atoms with Gasteiger partial charge in [0.05, 0.1) is 28.7 Å². The zero-order valence-electron chi connectivity index (χ0n) is 19.0. The van der Waals surface area contributed by atoms with Crippen molar-refractivity contribution < 1.29 is 4.42 Å².